The Morgan fingerprint density at radius 2 is 2.14 bits per heavy atom. The summed E-state index contributed by atoms with van der Waals surface area (Å²) in [6.07, 6.45) is 16.0. The summed E-state index contributed by atoms with van der Waals surface area (Å²) in [5.74, 6) is 0.213. The molecule has 1 saturated carbocycles. The highest BCUT2D eigenvalue weighted by Crippen LogP contribution is 2.36. The molecule has 0 bridgehead atoms. The maximum Gasteiger partial charge on any atom is 0.305 e. The van der Waals surface area contributed by atoms with Crippen molar-refractivity contribution in [3.05, 3.63) is 35.3 Å². The third-order valence-corrected chi connectivity index (χ3v) is 6.96. The maximum atomic E-state index is 11.1. The number of carbonyl (C=O) groups is 1. The van der Waals surface area contributed by atoms with Gasteiger partial charge in [0.25, 0.3) is 0 Å². The number of hydrogen-bond acceptors (Lipinski definition) is 6. The van der Waals surface area contributed by atoms with Crippen molar-refractivity contribution in [3.63, 3.8) is 0 Å². The van der Waals surface area contributed by atoms with Crippen LogP contribution in [0.5, 0.6) is 0 Å². The summed E-state index contributed by atoms with van der Waals surface area (Å²) in [5, 5.41) is 30.9. The van der Waals surface area contributed by atoms with Crippen LogP contribution < -0.4 is 0 Å². The predicted molar refractivity (Wildman–Crippen MR) is 117 cm³/mol. The minimum absolute atomic E-state index is 0.0565. The lowest BCUT2D eigenvalue weighted by Crippen LogP contribution is -2.20. The summed E-state index contributed by atoms with van der Waals surface area (Å²) in [7, 11) is 1.39. The molecule has 3 N–H and O–H groups in total. The lowest BCUT2D eigenvalue weighted by molar-refractivity contribution is -0.140. The number of carbonyl (C=O) groups excluding carboxylic acids is 1. The van der Waals surface area contributed by atoms with Gasteiger partial charge >= 0.3 is 5.97 Å². The second-order valence-corrected chi connectivity index (χ2v) is 9.11. The van der Waals surface area contributed by atoms with Gasteiger partial charge in [-0.3, -0.25) is 4.79 Å². The van der Waals surface area contributed by atoms with Crippen molar-refractivity contribution < 1.29 is 24.9 Å². The SMILES string of the molecule is COC(=O)CCC/C=C\C[C@@H]1[C@@H](/C=C/[C@H](O)CSC2=CCCCC2)[C@H](O)C[C@@H]1O. The Hall–Kier alpha value is -1.08. The second-order valence-electron chi connectivity index (χ2n) is 7.97. The molecule has 5 atom stereocenters. The smallest absolute Gasteiger partial charge is 0.305 e. The Labute approximate surface area is 178 Å². The highest BCUT2D eigenvalue weighted by Gasteiger charge is 2.39. The van der Waals surface area contributed by atoms with E-state index in [4.69, 9.17) is 0 Å². The maximum absolute atomic E-state index is 11.1. The predicted octanol–water partition coefficient (Wildman–Crippen LogP) is 3.74. The molecule has 164 valence electrons. The van der Waals surface area contributed by atoms with Gasteiger partial charge in [-0.15, -0.1) is 11.8 Å². The number of ether oxygens (including phenoxy) is 1. The number of aliphatic hydroxyl groups excluding tert-OH is 3. The highest BCUT2D eigenvalue weighted by molar-refractivity contribution is 8.03. The first-order valence-corrected chi connectivity index (χ1v) is 11.8. The average molecular weight is 425 g/mol. The Morgan fingerprint density at radius 1 is 1.31 bits per heavy atom. The van der Waals surface area contributed by atoms with Gasteiger partial charge in [0.2, 0.25) is 0 Å². The third-order valence-electron chi connectivity index (χ3n) is 5.71. The summed E-state index contributed by atoms with van der Waals surface area (Å²) in [6, 6.07) is 0. The largest absolute Gasteiger partial charge is 0.469 e. The van der Waals surface area contributed by atoms with E-state index in [0.717, 1.165) is 25.7 Å². The minimum Gasteiger partial charge on any atom is -0.469 e. The van der Waals surface area contributed by atoms with Crippen molar-refractivity contribution >= 4 is 17.7 Å². The first-order valence-electron chi connectivity index (χ1n) is 10.8. The molecule has 1 fully saturated rings. The molecule has 2 rings (SSSR count). The van der Waals surface area contributed by atoms with Gasteiger partial charge in [0, 0.05) is 24.5 Å². The van der Waals surface area contributed by atoms with Crippen LogP contribution in [0.2, 0.25) is 0 Å². The molecular formula is C23H36O5S. The number of allylic oxidation sites excluding steroid dienone is 4. The van der Waals surface area contributed by atoms with Gasteiger partial charge in [-0.2, -0.15) is 0 Å². The van der Waals surface area contributed by atoms with Gasteiger partial charge < -0.3 is 20.1 Å². The van der Waals surface area contributed by atoms with Gasteiger partial charge in [-0.05, 0) is 55.8 Å². The van der Waals surface area contributed by atoms with Crippen LogP contribution in [-0.4, -0.2) is 52.5 Å². The van der Waals surface area contributed by atoms with Gasteiger partial charge in [0.05, 0.1) is 25.4 Å². The summed E-state index contributed by atoms with van der Waals surface area (Å²) in [4.78, 5) is 12.5. The van der Waals surface area contributed by atoms with Crippen molar-refractivity contribution in [3.8, 4) is 0 Å². The lowest BCUT2D eigenvalue weighted by atomic mass is 9.89. The van der Waals surface area contributed by atoms with E-state index in [1.165, 1.54) is 24.9 Å². The lowest BCUT2D eigenvalue weighted by Gasteiger charge is -2.20. The molecule has 5 nitrogen and oxygen atoms in total. The quantitative estimate of drug-likeness (QED) is 0.266. The third kappa shape index (κ3) is 8.67. The Morgan fingerprint density at radius 3 is 2.86 bits per heavy atom. The van der Waals surface area contributed by atoms with Crippen LogP contribution in [0.1, 0.15) is 57.8 Å². The molecule has 0 heterocycles. The van der Waals surface area contributed by atoms with E-state index in [9.17, 15) is 20.1 Å². The first kappa shape index (κ1) is 24.2. The van der Waals surface area contributed by atoms with Crippen LogP contribution in [0.3, 0.4) is 0 Å². The summed E-state index contributed by atoms with van der Waals surface area (Å²) in [6.45, 7) is 0. The number of thioether (sulfide) groups is 1. The van der Waals surface area contributed by atoms with Crippen molar-refractivity contribution in [2.24, 2.45) is 11.8 Å². The van der Waals surface area contributed by atoms with Gasteiger partial charge in [0.15, 0.2) is 0 Å². The van der Waals surface area contributed by atoms with Crippen molar-refractivity contribution in [2.75, 3.05) is 12.9 Å². The van der Waals surface area contributed by atoms with Crippen LogP contribution in [0.4, 0.5) is 0 Å². The van der Waals surface area contributed by atoms with Gasteiger partial charge in [-0.1, -0.05) is 30.4 Å². The second kappa shape index (κ2) is 13.3. The molecular weight excluding hydrogens is 388 g/mol. The molecule has 6 heteroatoms. The fourth-order valence-electron chi connectivity index (χ4n) is 3.99. The van der Waals surface area contributed by atoms with Crippen molar-refractivity contribution in [1.82, 2.24) is 0 Å². The zero-order chi connectivity index (χ0) is 21.1. The molecule has 29 heavy (non-hydrogen) atoms. The number of hydrogen-bond donors (Lipinski definition) is 3. The van der Waals surface area contributed by atoms with E-state index >= 15 is 0 Å². The molecule has 0 saturated heterocycles. The Kier molecular flexibility index (Phi) is 11.1. The number of unbranched alkanes of at least 4 members (excludes halogenated alkanes) is 1. The van der Waals surface area contributed by atoms with Crippen LogP contribution in [0, 0.1) is 11.8 Å². The zero-order valence-corrected chi connectivity index (χ0v) is 18.2. The van der Waals surface area contributed by atoms with Gasteiger partial charge in [-0.25, -0.2) is 0 Å². The highest BCUT2D eigenvalue weighted by atomic mass is 32.2. The van der Waals surface area contributed by atoms with E-state index in [2.05, 4.69) is 10.8 Å². The molecule has 0 aromatic rings. The van der Waals surface area contributed by atoms with Crippen molar-refractivity contribution in [1.29, 1.82) is 0 Å². The monoisotopic (exact) mass is 424 g/mol. The van der Waals surface area contributed by atoms with Gasteiger partial charge in [0.1, 0.15) is 0 Å². The number of esters is 1. The van der Waals surface area contributed by atoms with E-state index in [1.54, 1.807) is 17.8 Å². The zero-order valence-electron chi connectivity index (χ0n) is 17.4. The summed E-state index contributed by atoms with van der Waals surface area (Å²) >= 11 is 1.72. The number of aliphatic hydroxyl groups is 3. The number of methoxy groups -OCH3 is 1. The molecule has 0 spiro atoms. The first-order chi connectivity index (χ1) is 14.0. The van der Waals surface area contributed by atoms with Crippen LogP contribution in [0.15, 0.2) is 35.3 Å². The number of rotatable bonds is 11. The summed E-state index contributed by atoms with van der Waals surface area (Å²) in [5.41, 5.74) is 0. The molecule has 0 radical (unpaired) electrons. The van der Waals surface area contributed by atoms with Crippen LogP contribution >= 0.6 is 11.8 Å². The normalized spacial score (nSPS) is 28.8. The molecule has 0 aliphatic heterocycles. The summed E-state index contributed by atoms with van der Waals surface area (Å²) < 4.78 is 4.62. The average Bonchev–Trinajstić information content (AvgIpc) is 3.00. The molecule has 2 aliphatic rings. The fourth-order valence-corrected chi connectivity index (χ4v) is 5.01. The van der Waals surface area contributed by atoms with Crippen LogP contribution in [-0.2, 0) is 9.53 Å². The molecule has 0 aromatic carbocycles. The topological polar surface area (TPSA) is 87.0 Å². The van der Waals surface area contributed by atoms with Crippen molar-refractivity contribution in [2.45, 2.75) is 76.1 Å². The molecule has 0 aromatic heterocycles. The van der Waals surface area contributed by atoms with E-state index < -0.39 is 18.3 Å². The minimum atomic E-state index is -0.583. The Bertz CT molecular complexity index is 586. The van der Waals surface area contributed by atoms with Crippen LogP contribution in [0.25, 0.3) is 0 Å². The molecule has 2 aliphatic carbocycles. The van der Waals surface area contributed by atoms with E-state index in [1.807, 2.05) is 18.2 Å². The van der Waals surface area contributed by atoms with E-state index in [0.29, 0.717) is 25.0 Å². The molecule has 0 unspecified atom stereocenters. The molecule has 0 amide bonds. The van der Waals surface area contributed by atoms with E-state index in [-0.39, 0.29) is 17.8 Å². The standard InChI is InChI=1S/C23H36O5S/c1-28-23(27)12-8-3-2-7-11-19-20(22(26)15-21(19)25)14-13-17(24)16-29-18-9-5-4-6-10-18/h2,7,9,13-14,17,19-22,24-26H,3-6,8,10-12,15-16H2,1H3/b7-2-,14-13+/t17-,19+,20+,21-,22+/m0/s1. The fraction of sp³-hybridized carbons (Fsp3) is 0.696. The Balaban J connectivity index is 1.77.